The first-order valence-corrected chi connectivity index (χ1v) is 5.43. The number of carbonyl (C=O) groups excluding carboxylic acids is 1. The van der Waals surface area contributed by atoms with Crippen LogP contribution in [0.5, 0.6) is 5.75 Å². The van der Waals surface area contributed by atoms with Gasteiger partial charge < -0.3 is 10.4 Å². The first kappa shape index (κ1) is 12.1. The quantitative estimate of drug-likeness (QED) is 0.817. The Balaban J connectivity index is 2.21. The minimum atomic E-state index is -0.689. The smallest absolute Gasteiger partial charge is 0.259 e. The number of aromatic hydroxyl groups is 1. The topological polar surface area (TPSA) is 67.2 Å². The molecule has 0 aliphatic carbocycles. The fourth-order valence-corrected chi connectivity index (χ4v) is 1.48. The van der Waals surface area contributed by atoms with Gasteiger partial charge in [-0.1, -0.05) is 6.07 Å². The zero-order valence-electron chi connectivity index (χ0n) is 9.72. The van der Waals surface area contributed by atoms with Gasteiger partial charge in [-0.25, -0.2) is 4.39 Å². The molecule has 0 saturated carbocycles. The van der Waals surface area contributed by atoms with Gasteiger partial charge in [-0.3, -0.25) is 9.48 Å². The molecule has 2 N–H and O–H groups in total. The molecule has 2 aromatic rings. The van der Waals surface area contributed by atoms with Crippen LogP contribution in [-0.2, 0) is 6.54 Å². The molecule has 1 heterocycles. The summed E-state index contributed by atoms with van der Waals surface area (Å²) in [6.07, 6.45) is 2.93. The molecule has 0 spiro atoms. The van der Waals surface area contributed by atoms with Gasteiger partial charge in [-0.15, -0.1) is 0 Å². The number of aryl methyl sites for hydroxylation is 1. The molecule has 6 heteroatoms. The summed E-state index contributed by atoms with van der Waals surface area (Å²) < 4.78 is 15.0. The number of benzene rings is 1. The van der Waals surface area contributed by atoms with Gasteiger partial charge >= 0.3 is 0 Å². The van der Waals surface area contributed by atoms with Crippen molar-refractivity contribution >= 4 is 11.6 Å². The van der Waals surface area contributed by atoms with Gasteiger partial charge in [-0.05, 0) is 19.1 Å². The highest BCUT2D eigenvalue weighted by atomic mass is 19.1. The minimum Gasteiger partial charge on any atom is -0.506 e. The Morgan fingerprint density at radius 3 is 2.94 bits per heavy atom. The zero-order chi connectivity index (χ0) is 13.1. The zero-order valence-corrected chi connectivity index (χ0v) is 9.72. The minimum absolute atomic E-state index is 0.230. The van der Waals surface area contributed by atoms with E-state index >= 15 is 0 Å². The second kappa shape index (κ2) is 4.87. The van der Waals surface area contributed by atoms with Crippen molar-refractivity contribution in [3.63, 3.8) is 0 Å². The average Bonchev–Trinajstić information content (AvgIpc) is 2.82. The summed E-state index contributed by atoms with van der Waals surface area (Å²) in [5.74, 6) is -1.52. The van der Waals surface area contributed by atoms with Crippen LogP contribution in [-0.4, -0.2) is 20.8 Å². The monoisotopic (exact) mass is 249 g/mol. The highest BCUT2D eigenvalue weighted by molar-refractivity contribution is 6.04. The van der Waals surface area contributed by atoms with Gasteiger partial charge in [0.2, 0.25) is 0 Å². The van der Waals surface area contributed by atoms with Gasteiger partial charge in [0.05, 0.1) is 11.8 Å². The number of nitrogens with zero attached hydrogens (tertiary/aromatic N) is 2. The normalized spacial score (nSPS) is 10.3. The van der Waals surface area contributed by atoms with E-state index in [-0.39, 0.29) is 11.4 Å². The van der Waals surface area contributed by atoms with Crippen LogP contribution in [0, 0.1) is 5.82 Å². The number of nitrogens with one attached hydrogen (secondary N) is 1. The first-order valence-electron chi connectivity index (χ1n) is 5.43. The molecular formula is C12H12FN3O2. The van der Waals surface area contributed by atoms with Crippen LogP contribution >= 0.6 is 0 Å². The lowest BCUT2D eigenvalue weighted by Gasteiger charge is -2.06. The lowest BCUT2D eigenvalue weighted by molar-refractivity contribution is 0.102. The van der Waals surface area contributed by atoms with Crippen molar-refractivity contribution in [3.8, 4) is 5.75 Å². The summed E-state index contributed by atoms with van der Waals surface area (Å²) in [6.45, 7) is 2.52. The fourth-order valence-electron chi connectivity index (χ4n) is 1.48. The van der Waals surface area contributed by atoms with Crippen molar-refractivity contribution in [1.82, 2.24) is 9.78 Å². The van der Waals surface area contributed by atoms with Gasteiger partial charge in [0.15, 0.2) is 5.82 Å². The Morgan fingerprint density at radius 2 is 2.33 bits per heavy atom. The number of rotatable bonds is 3. The van der Waals surface area contributed by atoms with Crippen LogP contribution in [0.3, 0.4) is 0 Å². The molecule has 0 aliphatic heterocycles. The van der Waals surface area contributed by atoms with Gasteiger partial charge in [0, 0.05) is 12.7 Å². The molecule has 94 valence electrons. The molecule has 0 aliphatic rings. The van der Waals surface area contributed by atoms with Crippen LogP contribution in [0.25, 0.3) is 0 Å². The maximum absolute atomic E-state index is 13.4. The Morgan fingerprint density at radius 1 is 1.56 bits per heavy atom. The van der Waals surface area contributed by atoms with Crippen LogP contribution in [0.4, 0.5) is 10.1 Å². The van der Waals surface area contributed by atoms with Gasteiger partial charge in [0.1, 0.15) is 11.4 Å². The number of aromatic nitrogens is 2. The SMILES string of the molecule is CCn1cc(C(=O)Nc2c(O)cccc2F)cn1. The van der Waals surface area contributed by atoms with Crippen LogP contribution in [0.1, 0.15) is 17.3 Å². The first-order chi connectivity index (χ1) is 8.61. The van der Waals surface area contributed by atoms with E-state index in [4.69, 9.17) is 0 Å². The molecule has 0 bridgehead atoms. The molecule has 1 aromatic carbocycles. The van der Waals surface area contributed by atoms with Crippen molar-refractivity contribution < 1.29 is 14.3 Å². The second-order valence-corrected chi connectivity index (χ2v) is 3.67. The van der Waals surface area contributed by atoms with Gasteiger partial charge in [-0.2, -0.15) is 5.10 Å². The molecule has 18 heavy (non-hydrogen) atoms. The Hall–Kier alpha value is -2.37. The standard InChI is InChI=1S/C12H12FN3O2/c1-2-16-7-8(6-14-16)12(18)15-11-9(13)4-3-5-10(11)17/h3-7,17H,2H2,1H3,(H,15,18). The Kier molecular flexibility index (Phi) is 3.27. The van der Waals surface area contributed by atoms with Crippen molar-refractivity contribution in [2.75, 3.05) is 5.32 Å². The van der Waals surface area contributed by atoms with Crippen LogP contribution in [0.15, 0.2) is 30.6 Å². The van der Waals surface area contributed by atoms with E-state index in [0.29, 0.717) is 12.1 Å². The maximum Gasteiger partial charge on any atom is 0.259 e. The van der Waals surface area contributed by atoms with E-state index in [0.717, 1.165) is 6.07 Å². The fraction of sp³-hybridized carbons (Fsp3) is 0.167. The summed E-state index contributed by atoms with van der Waals surface area (Å²) in [5.41, 5.74) is 0.0752. The molecule has 1 aromatic heterocycles. The van der Waals surface area contributed by atoms with E-state index in [9.17, 15) is 14.3 Å². The Labute approximate surface area is 103 Å². The largest absolute Gasteiger partial charge is 0.506 e. The number of carbonyl (C=O) groups is 1. The molecule has 0 unspecified atom stereocenters. The molecule has 0 saturated heterocycles. The van der Waals surface area contributed by atoms with Crippen molar-refractivity contribution in [3.05, 3.63) is 42.0 Å². The number of hydrogen-bond donors (Lipinski definition) is 2. The number of hydrogen-bond acceptors (Lipinski definition) is 3. The summed E-state index contributed by atoms with van der Waals surface area (Å²) in [4.78, 5) is 11.8. The van der Waals surface area contributed by atoms with Crippen molar-refractivity contribution in [2.45, 2.75) is 13.5 Å². The third-order valence-electron chi connectivity index (χ3n) is 2.45. The molecule has 0 atom stereocenters. The lowest BCUT2D eigenvalue weighted by Crippen LogP contribution is -2.12. The number of phenols is 1. The summed E-state index contributed by atoms with van der Waals surface area (Å²) in [7, 11) is 0. The van der Waals surface area contributed by atoms with E-state index < -0.39 is 11.7 Å². The highest BCUT2D eigenvalue weighted by Crippen LogP contribution is 2.26. The molecule has 0 radical (unpaired) electrons. The van der Waals surface area contributed by atoms with Crippen molar-refractivity contribution in [1.29, 1.82) is 0 Å². The molecule has 1 amide bonds. The molecule has 5 nitrogen and oxygen atoms in total. The second-order valence-electron chi connectivity index (χ2n) is 3.67. The van der Waals surface area contributed by atoms with Gasteiger partial charge in [0.25, 0.3) is 5.91 Å². The number of para-hydroxylation sites is 1. The van der Waals surface area contributed by atoms with E-state index in [1.807, 2.05) is 6.92 Å². The predicted octanol–water partition coefficient (Wildman–Crippen LogP) is 2.00. The van der Waals surface area contributed by atoms with Crippen LogP contribution in [0.2, 0.25) is 0 Å². The molecule has 0 fully saturated rings. The maximum atomic E-state index is 13.4. The van der Waals surface area contributed by atoms with E-state index in [1.165, 1.54) is 18.3 Å². The van der Waals surface area contributed by atoms with E-state index in [2.05, 4.69) is 10.4 Å². The summed E-state index contributed by atoms with van der Waals surface area (Å²) >= 11 is 0. The third kappa shape index (κ3) is 2.32. The Bertz CT molecular complexity index is 560. The number of anilines is 1. The van der Waals surface area contributed by atoms with Crippen molar-refractivity contribution in [2.24, 2.45) is 0 Å². The van der Waals surface area contributed by atoms with Crippen LogP contribution < -0.4 is 5.32 Å². The summed E-state index contributed by atoms with van der Waals surface area (Å²) in [6, 6.07) is 3.81. The predicted molar refractivity (Wildman–Crippen MR) is 63.9 cm³/mol. The summed E-state index contributed by atoms with van der Waals surface area (Å²) in [5, 5.41) is 15.7. The average molecular weight is 249 g/mol. The number of halogens is 1. The number of phenolic OH excluding ortho intramolecular Hbond substituents is 1. The molecular weight excluding hydrogens is 237 g/mol. The lowest BCUT2D eigenvalue weighted by atomic mass is 10.2. The third-order valence-corrected chi connectivity index (χ3v) is 2.45. The molecule has 2 rings (SSSR count). The van der Waals surface area contributed by atoms with E-state index in [1.54, 1.807) is 10.9 Å². The highest BCUT2D eigenvalue weighted by Gasteiger charge is 2.14. The number of amides is 1.